The standard InChI is InChI=1S/C23H20N2O3S/c26-22(25-28)20-13-17-11-12-18(14-19(17)29-20)24-23(27)21(15-7-3-1-4-8-15)16-9-5-2-6-10-16/h1-12,14,20-21,28H,13H2,(H,24,27)(H,25,26). The Bertz CT molecular complexity index is 985. The minimum absolute atomic E-state index is 0.116. The van der Waals surface area contributed by atoms with Crippen molar-refractivity contribution in [1.29, 1.82) is 0 Å². The summed E-state index contributed by atoms with van der Waals surface area (Å²) in [5, 5.41) is 11.5. The molecular weight excluding hydrogens is 384 g/mol. The zero-order chi connectivity index (χ0) is 20.2. The summed E-state index contributed by atoms with van der Waals surface area (Å²) in [6.45, 7) is 0. The third-order valence-electron chi connectivity index (χ3n) is 4.94. The summed E-state index contributed by atoms with van der Waals surface area (Å²) in [7, 11) is 0. The van der Waals surface area contributed by atoms with Gasteiger partial charge in [0.1, 0.15) is 0 Å². The highest BCUT2D eigenvalue weighted by Crippen LogP contribution is 2.39. The van der Waals surface area contributed by atoms with E-state index in [-0.39, 0.29) is 11.2 Å². The Balaban J connectivity index is 1.57. The van der Waals surface area contributed by atoms with Crippen LogP contribution < -0.4 is 10.8 Å². The molecule has 0 fully saturated rings. The van der Waals surface area contributed by atoms with Crippen molar-refractivity contribution in [1.82, 2.24) is 5.48 Å². The normalized spacial score (nSPS) is 15.0. The molecule has 2 amide bonds. The number of hydrogen-bond donors (Lipinski definition) is 3. The Labute approximate surface area is 173 Å². The molecule has 1 heterocycles. The van der Waals surface area contributed by atoms with Gasteiger partial charge in [-0.05, 0) is 35.2 Å². The van der Waals surface area contributed by atoms with Crippen LogP contribution in [0.2, 0.25) is 0 Å². The van der Waals surface area contributed by atoms with E-state index in [9.17, 15) is 9.59 Å². The molecular formula is C23H20N2O3S. The maximum atomic E-state index is 13.2. The first-order valence-corrected chi connectivity index (χ1v) is 10.2. The number of benzene rings is 3. The van der Waals surface area contributed by atoms with Gasteiger partial charge in [0.25, 0.3) is 5.91 Å². The van der Waals surface area contributed by atoms with Crippen LogP contribution in [0.5, 0.6) is 0 Å². The highest BCUT2D eigenvalue weighted by molar-refractivity contribution is 8.01. The van der Waals surface area contributed by atoms with Gasteiger partial charge >= 0.3 is 0 Å². The summed E-state index contributed by atoms with van der Waals surface area (Å²) in [4.78, 5) is 25.9. The van der Waals surface area contributed by atoms with E-state index in [1.54, 1.807) is 5.48 Å². The lowest BCUT2D eigenvalue weighted by atomic mass is 9.90. The summed E-state index contributed by atoms with van der Waals surface area (Å²) >= 11 is 1.39. The van der Waals surface area contributed by atoms with E-state index in [0.717, 1.165) is 21.6 Å². The van der Waals surface area contributed by atoms with E-state index in [1.165, 1.54) is 11.8 Å². The second-order valence-corrected chi connectivity index (χ2v) is 8.10. The van der Waals surface area contributed by atoms with E-state index in [0.29, 0.717) is 12.1 Å². The maximum Gasteiger partial charge on any atom is 0.257 e. The maximum absolute atomic E-state index is 13.2. The molecule has 0 radical (unpaired) electrons. The highest BCUT2D eigenvalue weighted by Gasteiger charge is 2.29. The lowest BCUT2D eigenvalue weighted by Crippen LogP contribution is -2.29. The van der Waals surface area contributed by atoms with Crippen molar-refractivity contribution in [3.8, 4) is 0 Å². The van der Waals surface area contributed by atoms with Crippen LogP contribution in [-0.4, -0.2) is 22.3 Å². The van der Waals surface area contributed by atoms with Gasteiger partial charge in [-0.2, -0.15) is 0 Å². The van der Waals surface area contributed by atoms with E-state index in [4.69, 9.17) is 5.21 Å². The first kappa shape index (κ1) is 19.2. The van der Waals surface area contributed by atoms with Gasteiger partial charge < -0.3 is 5.32 Å². The lowest BCUT2D eigenvalue weighted by Gasteiger charge is -2.18. The van der Waals surface area contributed by atoms with Crippen LogP contribution in [0.15, 0.2) is 83.8 Å². The van der Waals surface area contributed by atoms with Crippen molar-refractivity contribution in [3.63, 3.8) is 0 Å². The molecule has 0 saturated carbocycles. The van der Waals surface area contributed by atoms with Crippen LogP contribution in [0, 0.1) is 0 Å². The molecule has 3 aromatic carbocycles. The number of carbonyl (C=O) groups excluding carboxylic acids is 2. The number of thioether (sulfide) groups is 1. The number of anilines is 1. The largest absolute Gasteiger partial charge is 0.325 e. The first-order chi connectivity index (χ1) is 14.2. The highest BCUT2D eigenvalue weighted by atomic mass is 32.2. The summed E-state index contributed by atoms with van der Waals surface area (Å²) in [6.07, 6.45) is 0.553. The number of carbonyl (C=O) groups is 2. The van der Waals surface area contributed by atoms with Crippen molar-refractivity contribution in [2.45, 2.75) is 22.5 Å². The van der Waals surface area contributed by atoms with Gasteiger partial charge in [-0.25, -0.2) is 5.48 Å². The fourth-order valence-electron chi connectivity index (χ4n) is 3.52. The predicted molar refractivity (Wildman–Crippen MR) is 113 cm³/mol. The van der Waals surface area contributed by atoms with Gasteiger partial charge in [0.2, 0.25) is 5.91 Å². The molecule has 1 aliphatic rings. The summed E-state index contributed by atoms with van der Waals surface area (Å²) in [5.74, 6) is -0.953. The van der Waals surface area contributed by atoms with E-state index < -0.39 is 11.8 Å². The van der Waals surface area contributed by atoms with Gasteiger partial charge in [-0.1, -0.05) is 66.7 Å². The molecule has 0 aliphatic carbocycles. The second kappa shape index (κ2) is 8.51. The number of rotatable bonds is 5. The molecule has 3 N–H and O–H groups in total. The Kier molecular flexibility index (Phi) is 5.64. The fourth-order valence-corrected chi connectivity index (χ4v) is 4.75. The average molecular weight is 404 g/mol. The van der Waals surface area contributed by atoms with Crippen molar-refractivity contribution in [2.75, 3.05) is 5.32 Å². The third kappa shape index (κ3) is 4.18. The molecule has 0 bridgehead atoms. The molecule has 5 nitrogen and oxygen atoms in total. The summed E-state index contributed by atoms with van der Waals surface area (Å²) in [5.41, 5.74) is 5.27. The van der Waals surface area contributed by atoms with Crippen molar-refractivity contribution < 1.29 is 14.8 Å². The van der Waals surface area contributed by atoms with Crippen LogP contribution in [0.3, 0.4) is 0 Å². The van der Waals surface area contributed by atoms with E-state index >= 15 is 0 Å². The molecule has 1 atom stereocenters. The monoisotopic (exact) mass is 404 g/mol. The van der Waals surface area contributed by atoms with Gasteiger partial charge in [0.05, 0.1) is 11.2 Å². The number of hydroxylamine groups is 1. The lowest BCUT2D eigenvalue weighted by molar-refractivity contribution is -0.128. The quantitative estimate of drug-likeness (QED) is 0.444. The van der Waals surface area contributed by atoms with E-state index in [2.05, 4.69) is 5.32 Å². The molecule has 1 aliphatic heterocycles. The van der Waals surface area contributed by atoms with Crippen LogP contribution in [-0.2, 0) is 16.0 Å². The minimum Gasteiger partial charge on any atom is -0.325 e. The fraction of sp³-hybridized carbons (Fsp3) is 0.130. The first-order valence-electron chi connectivity index (χ1n) is 9.30. The van der Waals surface area contributed by atoms with Gasteiger partial charge in [0, 0.05) is 10.6 Å². The Hall–Kier alpha value is -3.09. The number of amides is 2. The van der Waals surface area contributed by atoms with Crippen LogP contribution >= 0.6 is 11.8 Å². The van der Waals surface area contributed by atoms with Crippen LogP contribution in [0.25, 0.3) is 0 Å². The summed E-state index contributed by atoms with van der Waals surface area (Å²) in [6, 6.07) is 25.0. The molecule has 1 unspecified atom stereocenters. The Morgan fingerprint density at radius 2 is 1.55 bits per heavy atom. The van der Waals surface area contributed by atoms with Crippen LogP contribution in [0.4, 0.5) is 5.69 Å². The van der Waals surface area contributed by atoms with Crippen molar-refractivity contribution >= 4 is 29.3 Å². The summed E-state index contributed by atoms with van der Waals surface area (Å²) < 4.78 is 0. The Morgan fingerprint density at radius 1 is 0.931 bits per heavy atom. The predicted octanol–water partition coefficient (Wildman–Crippen LogP) is 3.98. The van der Waals surface area contributed by atoms with Crippen LogP contribution in [0.1, 0.15) is 22.6 Å². The third-order valence-corrected chi connectivity index (χ3v) is 6.24. The molecule has 0 spiro atoms. The zero-order valence-corrected chi connectivity index (χ0v) is 16.4. The number of hydrogen-bond acceptors (Lipinski definition) is 4. The molecule has 146 valence electrons. The van der Waals surface area contributed by atoms with Gasteiger partial charge in [-0.15, -0.1) is 11.8 Å². The van der Waals surface area contributed by atoms with E-state index in [1.807, 2.05) is 78.9 Å². The molecule has 0 saturated heterocycles. The average Bonchev–Trinajstić information content (AvgIpc) is 3.18. The molecule has 0 aromatic heterocycles. The smallest absolute Gasteiger partial charge is 0.257 e. The molecule has 3 aromatic rings. The van der Waals surface area contributed by atoms with Crippen molar-refractivity contribution in [2.24, 2.45) is 0 Å². The number of nitrogens with one attached hydrogen (secondary N) is 2. The van der Waals surface area contributed by atoms with Gasteiger partial charge in [-0.3, -0.25) is 14.8 Å². The topological polar surface area (TPSA) is 78.4 Å². The Morgan fingerprint density at radius 3 is 2.14 bits per heavy atom. The van der Waals surface area contributed by atoms with Gasteiger partial charge in [0.15, 0.2) is 0 Å². The zero-order valence-electron chi connectivity index (χ0n) is 15.5. The second-order valence-electron chi connectivity index (χ2n) is 6.85. The molecule has 29 heavy (non-hydrogen) atoms. The van der Waals surface area contributed by atoms with Crippen molar-refractivity contribution in [3.05, 3.63) is 95.6 Å². The molecule has 4 rings (SSSR count). The molecule has 6 heteroatoms. The SMILES string of the molecule is O=C(NO)C1Cc2ccc(NC(=O)C(c3ccccc3)c3ccccc3)cc2S1. The number of fused-ring (bicyclic) bond motifs is 1. The minimum atomic E-state index is -0.425.